The van der Waals surface area contributed by atoms with Gasteiger partial charge in [0.25, 0.3) is 5.69 Å². The molecule has 0 amide bonds. The van der Waals surface area contributed by atoms with Crippen LogP contribution in [0.2, 0.25) is 0 Å². The molecular weight excluding hydrogens is 286 g/mol. The third kappa shape index (κ3) is 3.20. The molecule has 0 N–H and O–H groups in total. The summed E-state index contributed by atoms with van der Waals surface area (Å²) in [5, 5.41) is 10.7. The van der Waals surface area contributed by atoms with Gasteiger partial charge in [0.05, 0.1) is 17.7 Å². The molecule has 0 spiro atoms. The number of hydrogen-bond donors (Lipinski definition) is 0. The van der Waals surface area contributed by atoms with E-state index >= 15 is 0 Å². The van der Waals surface area contributed by atoms with Gasteiger partial charge in [0.1, 0.15) is 0 Å². The summed E-state index contributed by atoms with van der Waals surface area (Å²) in [4.78, 5) is 28.1. The number of esters is 1. The Morgan fingerprint density at radius 3 is 2.36 bits per heavy atom. The van der Waals surface area contributed by atoms with E-state index in [-0.39, 0.29) is 11.4 Å². The van der Waals surface area contributed by atoms with Gasteiger partial charge >= 0.3 is 5.97 Å². The lowest BCUT2D eigenvalue weighted by molar-refractivity contribution is -0.384. The third-order valence-corrected chi connectivity index (χ3v) is 3.09. The molecule has 7 nitrogen and oxygen atoms in total. The second-order valence-electron chi connectivity index (χ2n) is 4.79. The quantitative estimate of drug-likeness (QED) is 0.490. The summed E-state index contributed by atoms with van der Waals surface area (Å²) in [7, 11) is 4.98. The fourth-order valence-electron chi connectivity index (χ4n) is 1.89. The van der Waals surface area contributed by atoms with Gasteiger partial charge in [-0.2, -0.15) is 0 Å². The maximum absolute atomic E-state index is 11.7. The van der Waals surface area contributed by atoms with Gasteiger partial charge in [-0.05, 0) is 24.3 Å². The zero-order valence-electron chi connectivity index (χ0n) is 12.4. The smallest absolute Gasteiger partial charge is 0.356 e. The van der Waals surface area contributed by atoms with Crippen molar-refractivity contribution in [3.05, 3.63) is 52.2 Å². The molecule has 2 aromatic rings. The van der Waals surface area contributed by atoms with Crippen LogP contribution in [0.3, 0.4) is 0 Å². The number of rotatable bonds is 4. The number of carbonyl (C=O) groups excluding carboxylic acids is 1. The molecule has 1 heterocycles. The topological polar surface area (TPSA) is 85.6 Å². The summed E-state index contributed by atoms with van der Waals surface area (Å²) in [5.74, 6) is -0.535. The maximum Gasteiger partial charge on any atom is 0.356 e. The molecule has 0 unspecified atom stereocenters. The Bertz CT molecular complexity index is 711. The Balaban J connectivity index is 2.51. The molecular formula is C15H15N3O4. The summed E-state index contributed by atoms with van der Waals surface area (Å²) in [6.45, 7) is 0. The molecule has 0 saturated heterocycles. The fourth-order valence-corrected chi connectivity index (χ4v) is 1.89. The Morgan fingerprint density at radius 1 is 1.23 bits per heavy atom. The number of hydrogen-bond acceptors (Lipinski definition) is 6. The van der Waals surface area contributed by atoms with E-state index in [9.17, 15) is 14.9 Å². The SMILES string of the molecule is COC(=O)c1cc(N(C)C)cc(-c2ccc([N+](=O)[O-])cc2)n1. The molecule has 22 heavy (non-hydrogen) atoms. The summed E-state index contributed by atoms with van der Waals surface area (Å²) in [5.41, 5.74) is 2.19. The summed E-state index contributed by atoms with van der Waals surface area (Å²) in [6.07, 6.45) is 0. The fraction of sp³-hybridized carbons (Fsp3) is 0.200. The van der Waals surface area contributed by atoms with Crippen molar-refractivity contribution >= 4 is 17.3 Å². The number of ether oxygens (including phenoxy) is 1. The lowest BCUT2D eigenvalue weighted by atomic mass is 10.1. The van der Waals surface area contributed by atoms with Crippen molar-refractivity contribution in [2.24, 2.45) is 0 Å². The molecule has 0 bridgehead atoms. The highest BCUT2D eigenvalue weighted by atomic mass is 16.6. The number of carbonyl (C=O) groups is 1. The van der Waals surface area contributed by atoms with Gasteiger partial charge in [0, 0.05) is 37.5 Å². The van der Waals surface area contributed by atoms with Gasteiger partial charge in [-0.25, -0.2) is 9.78 Å². The van der Waals surface area contributed by atoms with Crippen LogP contribution in [0.5, 0.6) is 0 Å². The molecule has 0 radical (unpaired) electrons. The molecule has 0 atom stereocenters. The first-order valence-electron chi connectivity index (χ1n) is 6.45. The average molecular weight is 301 g/mol. The second-order valence-corrected chi connectivity index (χ2v) is 4.79. The number of benzene rings is 1. The van der Waals surface area contributed by atoms with E-state index in [0.717, 1.165) is 5.69 Å². The summed E-state index contributed by atoms with van der Waals surface area (Å²) < 4.78 is 4.70. The lowest BCUT2D eigenvalue weighted by Gasteiger charge is -2.15. The van der Waals surface area contributed by atoms with Gasteiger partial charge in [-0.15, -0.1) is 0 Å². The molecule has 0 fully saturated rings. The lowest BCUT2D eigenvalue weighted by Crippen LogP contribution is -2.12. The molecule has 0 aliphatic heterocycles. The van der Waals surface area contributed by atoms with Gasteiger partial charge in [-0.1, -0.05) is 0 Å². The molecule has 1 aromatic carbocycles. The average Bonchev–Trinajstić information content (AvgIpc) is 2.53. The normalized spacial score (nSPS) is 10.1. The Kier molecular flexibility index (Phi) is 4.36. The zero-order valence-corrected chi connectivity index (χ0v) is 12.4. The van der Waals surface area contributed by atoms with Crippen LogP contribution in [0.25, 0.3) is 11.3 Å². The molecule has 2 rings (SSSR count). The van der Waals surface area contributed by atoms with Crippen molar-refractivity contribution in [1.29, 1.82) is 0 Å². The largest absolute Gasteiger partial charge is 0.464 e. The van der Waals surface area contributed by atoms with E-state index < -0.39 is 10.9 Å². The first kappa shape index (κ1) is 15.4. The highest BCUT2D eigenvalue weighted by Crippen LogP contribution is 2.25. The Hall–Kier alpha value is -2.96. The minimum atomic E-state index is -0.535. The van der Waals surface area contributed by atoms with Crippen LogP contribution < -0.4 is 4.90 Å². The van der Waals surface area contributed by atoms with Crippen LogP contribution in [0, 0.1) is 10.1 Å². The number of pyridine rings is 1. The van der Waals surface area contributed by atoms with Crippen LogP contribution in [0.4, 0.5) is 11.4 Å². The highest BCUT2D eigenvalue weighted by molar-refractivity contribution is 5.89. The monoisotopic (exact) mass is 301 g/mol. The number of nitrogens with zero attached hydrogens (tertiary/aromatic N) is 3. The Morgan fingerprint density at radius 2 is 1.86 bits per heavy atom. The van der Waals surface area contributed by atoms with Crippen LogP contribution in [-0.4, -0.2) is 37.1 Å². The summed E-state index contributed by atoms with van der Waals surface area (Å²) in [6, 6.07) is 9.42. The van der Waals surface area contributed by atoms with Crippen molar-refractivity contribution in [2.45, 2.75) is 0 Å². The van der Waals surface area contributed by atoms with E-state index in [4.69, 9.17) is 4.74 Å². The van der Waals surface area contributed by atoms with Crippen LogP contribution in [0.1, 0.15) is 10.5 Å². The van der Waals surface area contributed by atoms with Crippen LogP contribution in [-0.2, 0) is 4.74 Å². The first-order valence-corrected chi connectivity index (χ1v) is 6.45. The Labute approximate surface area is 127 Å². The number of non-ortho nitro benzene ring substituents is 1. The minimum absolute atomic E-state index is 0.000653. The molecule has 0 aliphatic carbocycles. The van der Waals surface area contributed by atoms with Crippen molar-refractivity contribution in [2.75, 3.05) is 26.1 Å². The molecule has 0 saturated carbocycles. The van der Waals surface area contributed by atoms with Gasteiger partial charge in [-0.3, -0.25) is 10.1 Å². The number of nitro benzene ring substituents is 1. The predicted molar refractivity (Wildman–Crippen MR) is 82.0 cm³/mol. The van der Waals surface area contributed by atoms with E-state index in [1.54, 1.807) is 24.3 Å². The summed E-state index contributed by atoms with van der Waals surface area (Å²) >= 11 is 0. The van der Waals surface area contributed by atoms with Crippen LogP contribution in [0.15, 0.2) is 36.4 Å². The van der Waals surface area contributed by atoms with Gasteiger partial charge in [0.15, 0.2) is 5.69 Å². The predicted octanol–water partition coefficient (Wildman–Crippen LogP) is 2.51. The standard InChI is InChI=1S/C15H15N3O4/c1-17(2)12-8-13(16-14(9-12)15(19)22-3)10-4-6-11(7-5-10)18(20)21/h4-9H,1-3H3. The van der Waals surface area contributed by atoms with Crippen molar-refractivity contribution in [3.63, 3.8) is 0 Å². The molecule has 114 valence electrons. The van der Waals surface area contributed by atoms with Crippen LogP contribution >= 0.6 is 0 Å². The number of anilines is 1. The van der Waals surface area contributed by atoms with Crippen molar-refractivity contribution in [3.8, 4) is 11.3 Å². The van der Waals surface area contributed by atoms with E-state index in [2.05, 4.69) is 4.98 Å². The number of methoxy groups -OCH3 is 1. The van der Waals surface area contributed by atoms with E-state index in [1.165, 1.54) is 19.2 Å². The van der Waals surface area contributed by atoms with E-state index in [1.807, 2.05) is 19.0 Å². The maximum atomic E-state index is 11.7. The third-order valence-electron chi connectivity index (χ3n) is 3.09. The number of nitro groups is 1. The van der Waals surface area contributed by atoms with Gasteiger partial charge < -0.3 is 9.64 Å². The molecule has 1 aromatic heterocycles. The minimum Gasteiger partial charge on any atom is -0.464 e. The van der Waals surface area contributed by atoms with Gasteiger partial charge in [0.2, 0.25) is 0 Å². The van der Waals surface area contributed by atoms with Crippen molar-refractivity contribution < 1.29 is 14.5 Å². The first-order chi connectivity index (χ1) is 10.4. The zero-order chi connectivity index (χ0) is 16.3. The number of aromatic nitrogens is 1. The highest BCUT2D eigenvalue weighted by Gasteiger charge is 2.13. The second kappa shape index (κ2) is 6.21. The molecule has 7 heteroatoms. The van der Waals surface area contributed by atoms with E-state index in [0.29, 0.717) is 11.3 Å². The van der Waals surface area contributed by atoms with Crippen molar-refractivity contribution in [1.82, 2.24) is 4.98 Å². The molecule has 0 aliphatic rings.